The smallest absolute Gasteiger partial charge is 0.0714 e. The number of nitrogens with zero attached hydrogens (tertiary/aromatic N) is 2. The zero-order chi connectivity index (χ0) is 77.8. The van der Waals surface area contributed by atoms with E-state index in [1.54, 1.807) is 0 Å². The zero-order valence-corrected chi connectivity index (χ0v) is 64.8. The number of hydrogen-bond donors (Lipinski definition) is 0. The number of hydrogen-bond acceptors (Lipinski definition) is 2. The average molecular weight is 1500 g/mol. The van der Waals surface area contributed by atoms with Crippen LogP contribution in [0.3, 0.4) is 0 Å². The predicted molar refractivity (Wildman–Crippen MR) is 497 cm³/mol. The first-order valence-electron chi connectivity index (χ1n) is 41.0. The summed E-state index contributed by atoms with van der Waals surface area (Å²) in [5, 5.41) is 14.5. The van der Waals surface area contributed by atoms with Gasteiger partial charge in [0.05, 0.1) is 33.6 Å². The van der Waals surface area contributed by atoms with Crippen LogP contribution in [0.25, 0.3) is 131 Å². The van der Waals surface area contributed by atoms with Gasteiger partial charge in [0.15, 0.2) is 0 Å². The highest BCUT2D eigenvalue weighted by Crippen LogP contribution is 2.63. The quantitative estimate of drug-likeness (QED) is 0.100. The van der Waals surface area contributed by atoms with Crippen LogP contribution in [0.1, 0.15) is 44.5 Å². The van der Waals surface area contributed by atoms with Crippen molar-refractivity contribution in [3.8, 4) is 66.8 Å². The van der Waals surface area contributed by atoms with Gasteiger partial charge in [0.25, 0.3) is 0 Å². The van der Waals surface area contributed by atoms with Gasteiger partial charge in [-0.3, -0.25) is 0 Å². The molecule has 23 rings (SSSR count). The number of rotatable bonds is 14. The SMILES string of the molecule is c1ccc(-c2ccc(-c3ccc(N(c4cccc5c4-c4ccccc4C5(c4ccccc4)c4cccc(-c5ccc6c(N(c7cccc(-c8ccc9c(ccc%10ccccc%109)c8)c7)c7cccc8c7-c7ccccc7C8(c7ccccc7)c7ccccc7)cc7ccccc7c6c5)c4)c4cccc5ccccc45)cc3)c3ccccc23)cc1. The average Bonchev–Trinajstić information content (AvgIpc) is 1.53. The van der Waals surface area contributed by atoms with E-state index in [1.165, 1.54) is 137 Å². The second kappa shape index (κ2) is 27.8. The van der Waals surface area contributed by atoms with Crippen LogP contribution in [0.2, 0.25) is 0 Å². The second-order valence-electron chi connectivity index (χ2n) is 31.6. The molecule has 0 amide bonds. The zero-order valence-electron chi connectivity index (χ0n) is 64.8. The van der Waals surface area contributed by atoms with Gasteiger partial charge in [-0.2, -0.15) is 0 Å². The van der Waals surface area contributed by atoms with Crippen LogP contribution in [0, 0.1) is 0 Å². The maximum Gasteiger partial charge on any atom is 0.0714 e. The Hall–Kier alpha value is -15.2. The van der Waals surface area contributed by atoms with Crippen molar-refractivity contribution in [2.24, 2.45) is 0 Å². The maximum atomic E-state index is 2.59. The van der Waals surface area contributed by atoms with Gasteiger partial charge in [0.2, 0.25) is 0 Å². The van der Waals surface area contributed by atoms with E-state index >= 15 is 0 Å². The molecule has 0 radical (unpaired) electrons. The summed E-state index contributed by atoms with van der Waals surface area (Å²) in [7, 11) is 0. The number of anilines is 6. The lowest BCUT2D eigenvalue weighted by Gasteiger charge is -2.35. The Morgan fingerprint density at radius 2 is 0.525 bits per heavy atom. The summed E-state index contributed by atoms with van der Waals surface area (Å²) in [5.41, 5.74) is 29.2. The summed E-state index contributed by atoms with van der Waals surface area (Å²) >= 11 is 0. The third kappa shape index (κ3) is 10.7. The van der Waals surface area contributed by atoms with Crippen molar-refractivity contribution in [1.29, 1.82) is 0 Å². The van der Waals surface area contributed by atoms with E-state index < -0.39 is 10.8 Å². The molecule has 21 aromatic rings. The third-order valence-electron chi connectivity index (χ3n) is 25.5. The Kier molecular flexibility index (Phi) is 16.1. The van der Waals surface area contributed by atoms with Crippen molar-refractivity contribution in [3.05, 3.63) is 506 Å². The molecule has 2 aliphatic carbocycles. The summed E-state index contributed by atoms with van der Waals surface area (Å²) in [4.78, 5) is 5.12. The van der Waals surface area contributed by atoms with Crippen molar-refractivity contribution >= 4 is 98.8 Å². The van der Waals surface area contributed by atoms with Crippen LogP contribution in [-0.4, -0.2) is 0 Å². The van der Waals surface area contributed by atoms with Crippen LogP contribution in [0.15, 0.2) is 461 Å². The minimum atomic E-state index is -0.749. The highest BCUT2D eigenvalue weighted by molar-refractivity contribution is 6.17. The minimum absolute atomic E-state index is 0.619. The van der Waals surface area contributed by atoms with E-state index in [4.69, 9.17) is 0 Å². The molecule has 0 N–H and O–H groups in total. The molecule has 0 aliphatic heterocycles. The molecule has 0 bridgehead atoms. The van der Waals surface area contributed by atoms with Gasteiger partial charge in [0.1, 0.15) is 0 Å². The minimum Gasteiger partial charge on any atom is -0.309 e. The summed E-state index contributed by atoms with van der Waals surface area (Å²) in [6.45, 7) is 0. The molecule has 550 valence electrons. The molecule has 1 unspecified atom stereocenters. The molecule has 2 nitrogen and oxygen atoms in total. The Labute approximate surface area is 687 Å². The Morgan fingerprint density at radius 3 is 1.14 bits per heavy atom. The molecule has 0 fully saturated rings. The Balaban J connectivity index is 0.706. The molecule has 2 aliphatic rings. The van der Waals surface area contributed by atoms with Crippen molar-refractivity contribution in [2.75, 3.05) is 9.80 Å². The lowest BCUT2D eigenvalue weighted by molar-refractivity contribution is 0.768. The molecular formula is C116H76N2. The third-order valence-corrected chi connectivity index (χ3v) is 25.5. The lowest BCUT2D eigenvalue weighted by atomic mass is 9.67. The summed E-state index contributed by atoms with van der Waals surface area (Å²) in [5.74, 6) is 0. The summed E-state index contributed by atoms with van der Waals surface area (Å²) in [6.07, 6.45) is 0. The van der Waals surface area contributed by atoms with Gasteiger partial charge in [-0.05, 0) is 221 Å². The molecule has 1 atom stereocenters. The van der Waals surface area contributed by atoms with E-state index in [2.05, 4.69) is 471 Å². The first kappa shape index (κ1) is 68.4. The molecular weight excluding hydrogens is 1420 g/mol. The van der Waals surface area contributed by atoms with Crippen LogP contribution >= 0.6 is 0 Å². The van der Waals surface area contributed by atoms with E-state index in [0.29, 0.717) is 0 Å². The van der Waals surface area contributed by atoms with Gasteiger partial charge in [-0.1, -0.05) is 394 Å². The van der Waals surface area contributed by atoms with Gasteiger partial charge in [-0.25, -0.2) is 0 Å². The fourth-order valence-corrected chi connectivity index (χ4v) is 20.5. The van der Waals surface area contributed by atoms with E-state index in [0.717, 1.165) is 72.7 Å². The fourth-order valence-electron chi connectivity index (χ4n) is 20.5. The largest absolute Gasteiger partial charge is 0.309 e. The molecule has 2 heteroatoms. The Bertz CT molecular complexity index is 7510. The van der Waals surface area contributed by atoms with Gasteiger partial charge < -0.3 is 9.80 Å². The summed E-state index contributed by atoms with van der Waals surface area (Å²) < 4.78 is 0. The second-order valence-corrected chi connectivity index (χ2v) is 31.6. The van der Waals surface area contributed by atoms with Gasteiger partial charge >= 0.3 is 0 Å². The molecule has 0 aromatic heterocycles. The predicted octanol–water partition coefficient (Wildman–Crippen LogP) is 30.9. The van der Waals surface area contributed by atoms with Crippen LogP contribution in [0.4, 0.5) is 34.1 Å². The topological polar surface area (TPSA) is 6.48 Å². The van der Waals surface area contributed by atoms with Crippen LogP contribution < -0.4 is 9.80 Å². The highest BCUT2D eigenvalue weighted by atomic mass is 15.2. The van der Waals surface area contributed by atoms with Crippen molar-refractivity contribution in [1.82, 2.24) is 0 Å². The van der Waals surface area contributed by atoms with E-state index in [9.17, 15) is 0 Å². The van der Waals surface area contributed by atoms with Crippen molar-refractivity contribution in [3.63, 3.8) is 0 Å². The van der Waals surface area contributed by atoms with Crippen molar-refractivity contribution < 1.29 is 0 Å². The molecule has 0 spiro atoms. The standard InChI is InChI=1S/C116H76N2/c1-5-30-77(31-6-1)95-70-71-96(100-50-20-19-49-99(95)100)80-62-66-91(67-63-80)117(109-57-27-35-78-32-14-18-48-98(78)109)110-58-29-56-108-114(110)103-52-22-24-54-106(103)116(108,89-42-11-4-12-43-89)90-44-25-36-81(73-90)84-65-69-101-104(75-84)94-47-17-15-34-85(94)76-112(101)118(92-45-26-37-82(74-92)83-64-68-97-86(72-83)61-60-79-33-13-16-46-93(79)97)111-59-28-55-107-113(111)102-51-21-23-53-105(102)115(107,87-38-7-2-8-39-87)88-40-9-3-10-41-88/h1-76H. The number of benzene rings is 21. The first-order chi connectivity index (χ1) is 58.5. The van der Waals surface area contributed by atoms with Crippen LogP contribution in [-0.2, 0) is 10.8 Å². The van der Waals surface area contributed by atoms with Gasteiger partial charge in [0, 0.05) is 33.3 Å². The number of fused-ring (bicyclic) bond motifs is 14. The van der Waals surface area contributed by atoms with Crippen molar-refractivity contribution in [2.45, 2.75) is 10.8 Å². The maximum absolute atomic E-state index is 2.59. The van der Waals surface area contributed by atoms with Crippen LogP contribution in [0.5, 0.6) is 0 Å². The molecule has 0 saturated carbocycles. The molecule has 0 saturated heterocycles. The summed E-state index contributed by atoms with van der Waals surface area (Å²) in [6, 6.07) is 173. The Morgan fingerprint density at radius 1 is 0.153 bits per heavy atom. The normalized spacial score (nSPS) is 13.7. The monoisotopic (exact) mass is 1500 g/mol. The van der Waals surface area contributed by atoms with Gasteiger partial charge in [-0.15, -0.1) is 0 Å². The van der Waals surface area contributed by atoms with E-state index in [-0.39, 0.29) is 0 Å². The molecule has 0 heterocycles. The molecule has 118 heavy (non-hydrogen) atoms. The molecule has 21 aromatic carbocycles. The highest BCUT2D eigenvalue weighted by Gasteiger charge is 2.49. The first-order valence-corrected chi connectivity index (χ1v) is 41.0. The lowest BCUT2D eigenvalue weighted by Crippen LogP contribution is -2.28. The fraction of sp³-hybridized carbons (Fsp3) is 0.0172. The van der Waals surface area contributed by atoms with E-state index in [1.807, 2.05) is 0 Å².